The third-order valence-electron chi connectivity index (χ3n) is 8.06. The molecular formula is C36H39NO2. The predicted molar refractivity (Wildman–Crippen MR) is 160 cm³/mol. The first kappa shape index (κ1) is 26.9. The van der Waals surface area contributed by atoms with Gasteiger partial charge in [-0.15, -0.1) is 0 Å². The highest BCUT2D eigenvalue weighted by molar-refractivity contribution is 6.26. The maximum Gasteiger partial charge on any atom is 0.261 e. The number of carbonyl (C=O) groups is 2. The fourth-order valence-corrected chi connectivity index (χ4v) is 5.87. The Morgan fingerprint density at radius 1 is 0.538 bits per heavy atom. The van der Waals surface area contributed by atoms with Gasteiger partial charge in [0.1, 0.15) is 0 Å². The molecule has 4 aromatic rings. The number of hydrogen-bond acceptors (Lipinski definition) is 2. The standard InChI is InChI=1S/C36H39NO2/c1-2-3-4-5-6-13-26-37-35(38)33-30(20-18-27-14-9-7-10-15-27)24-22-29-23-25-31(34(32(29)33)36(37)39)21-19-28-16-11-8-12-17-28/h7-12,14-17,22-25H,2-6,13,18-21,26H2,1H3. The molecule has 0 radical (unpaired) electrons. The quantitative estimate of drug-likeness (QED) is 0.132. The smallest absolute Gasteiger partial charge is 0.261 e. The van der Waals surface area contributed by atoms with Gasteiger partial charge in [0.2, 0.25) is 0 Å². The largest absolute Gasteiger partial charge is 0.274 e. The summed E-state index contributed by atoms with van der Waals surface area (Å²) in [7, 11) is 0. The van der Waals surface area contributed by atoms with E-state index in [0.717, 1.165) is 78.0 Å². The molecule has 1 aliphatic heterocycles. The van der Waals surface area contributed by atoms with E-state index in [0.29, 0.717) is 6.54 Å². The molecule has 39 heavy (non-hydrogen) atoms. The van der Waals surface area contributed by atoms with E-state index in [-0.39, 0.29) is 11.8 Å². The van der Waals surface area contributed by atoms with Crippen molar-refractivity contribution in [3.8, 4) is 0 Å². The summed E-state index contributed by atoms with van der Waals surface area (Å²) in [6.45, 7) is 2.71. The van der Waals surface area contributed by atoms with Gasteiger partial charge in [-0.05, 0) is 59.7 Å². The normalized spacial score (nSPS) is 12.9. The van der Waals surface area contributed by atoms with Gasteiger partial charge in [0.15, 0.2) is 0 Å². The number of amides is 2. The highest BCUT2D eigenvalue weighted by Gasteiger charge is 2.35. The number of nitrogens with zero attached hydrogens (tertiary/aromatic N) is 1. The fraction of sp³-hybridized carbons (Fsp3) is 0.333. The van der Waals surface area contributed by atoms with Crippen LogP contribution in [0.3, 0.4) is 0 Å². The first-order valence-corrected chi connectivity index (χ1v) is 14.7. The molecule has 4 aromatic carbocycles. The van der Waals surface area contributed by atoms with Gasteiger partial charge in [0, 0.05) is 11.9 Å². The minimum atomic E-state index is -0.116. The van der Waals surface area contributed by atoms with Crippen LogP contribution >= 0.6 is 0 Å². The fourth-order valence-electron chi connectivity index (χ4n) is 5.87. The molecular weight excluding hydrogens is 478 g/mol. The molecule has 3 nitrogen and oxygen atoms in total. The second-order valence-corrected chi connectivity index (χ2v) is 10.8. The van der Waals surface area contributed by atoms with Crippen molar-refractivity contribution in [2.75, 3.05) is 6.54 Å². The van der Waals surface area contributed by atoms with Crippen molar-refractivity contribution in [2.45, 2.75) is 71.1 Å². The summed E-state index contributed by atoms with van der Waals surface area (Å²) in [5, 5.41) is 1.84. The minimum absolute atomic E-state index is 0.116. The first-order chi connectivity index (χ1) is 19.2. The van der Waals surface area contributed by atoms with E-state index in [9.17, 15) is 9.59 Å². The van der Waals surface area contributed by atoms with Gasteiger partial charge in [-0.1, -0.05) is 124 Å². The van der Waals surface area contributed by atoms with Crippen molar-refractivity contribution in [2.24, 2.45) is 0 Å². The lowest BCUT2D eigenvalue weighted by molar-refractivity contribution is 0.0606. The molecule has 3 heteroatoms. The van der Waals surface area contributed by atoms with Crippen LogP contribution in [0.25, 0.3) is 10.8 Å². The van der Waals surface area contributed by atoms with E-state index < -0.39 is 0 Å². The molecule has 0 aromatic heterocycles. The molecule has 0 atom stereocenters. The zero-order valence-corrected chi connectivity index (χ0v) is 23.1. The molecule has 5 rings (SSSR count). The monoisotopic (exact) mass is 517 g/mol. The van der Waals surface area contributed by atoms with Crippen LogP contribution in [0.5, 0.6) is 0 Å². The second-order valence-electron chi connectivity index (χ2n) is 10.8. The molecule has 0 spiro atoms. The lowest BCUT2D eigenvalue weighted by atomic mass is 9.85. The molecule has 0 fully saturated rings. The van der Waals surface area contributed by atoms with Crippen molar-refractivity contribution >= 4 is 22.6 Å². The van der Waals surface area contributed by atoms with Crippen molar-refractivity contribution < 1.29 is 9.59 Å². The predicted octanol–water partition coefficient (Wildman–Crippen LogP) is 8.37. The SMILES string of the molecule is CCCCCCCCN1C(=O)c2c(CCc3ccccc3)ccc3ccc(CCc4ccccc4)c(c23)C1=O. The zero-order valence-electron chi connectivity index (χ0n) is 23.1. The highest BCUT2D eigenvalue weighted by Crippen LogP contribution is 2.36. The molecule has 0 saturated heterocycles. The number of hydrogen-bond donors (Lipinski definition) is 0. The summed E-state index contributed by atoms with van der Waals surface area (Å²) in [5.41, 5.74) is 6.07. The van der Waals surface area contributed by atoms with Crippen LogP contribution < -0.4 is 0 Å². The van der Waals surface area contributed by atoms with Crippen LogP contribution in [0.15, 0.2) is 84.9 Å². The van der Waals surface area contributed by atoms with Gasteiger partial charge in [0.25, 0.3) is 11.8 Å². The molecule has 0 bridgehead atoms. The highest BCUT2D eigenvalue weighted by atomic mass is 16.2. The van der Waals surface area contributed by atoms with Crippen LogP contribution in [0, 0.1) is 0 Å². The molecule has 0 N–H and O–H groups in total. The molecule has 2 amide bonds. The Kier molecular flexibility index (Phi) is 8.88. The third-order valence-corrected chi connectivity index (χ3v) is 8.06. The summed E-state index contributed by atoms with van der Waals surface area (Å²) in [5.74, 6) is -0.232. The maximum atomic E-state index is 14.0. The van der Waals surface area contributed by atoms with Crippen molar-refractivity contribution in [3.05, 3.63) is 118 Å². The Balaban J connectivity index is 1.49. The summed E-state index contributed by atoms with van der Waals surface area (Å²) in [4.78, 5) is 29.6. The van der Waals surface area contributed by atoms with Gasteiger partial charge in [-0.3, -0.25) is 14.5 Å². The molecule has 0 saturated carbocycles. The zero-order chi connectivity index (χ0) is 27.0. The molecule has 1 aliphatic rings. The van der Waals surface area contributed by atoms with E-state index in [1.807, 2.05) is 12.1 Å². The molecule has 1 heterocycles. The first-order valence-electron chi connectivity index (χ1n) is 14.7. The molecule has 200 valence electrons. The molecule has 0 unspecified atom stereocenters. The third kappa shape index (κ3) is 6.14. The van der Waals surface area contributed by atoms with Crippen molar-refractivity contribution in [1.82, 2.24) is 4.90 Å². The van der Waals surface area contributed by atoms with Gasteiger partial charge in [-0.2, -0.15) is 0 Å². The lowest BCUT2D eigenvalue weighted by Gasteiger charge is -2.30. The Morgan fingerprint density at radius 3 is 1.54 bits per heavy atom. The van der Waals surface area contributed by atoms with E-state index >= 15 is 0 Å². The maximum absolute atomic E-state index is 14.0. The number of benzene rings is 4. The number of imide groups is 1. The summed E-state index contributed by atoms with van der Waals surface area (Å²) >= 11 is 0. The lowest BCUT2D eigenvalue weighted by Crippen LogP contribution is -2.42. The number of carbonyl (C=O) groups excluding carboxylic acids is 2. The number of unbranched alkanes of at least 4 members (excludes halogenated alkanes) is 5. The Bertz CT molecular complexity index is 1330. The van der Waals surface area contributed by atoms with Crippen LogP contribution in [0.1, 0.15) is 88.4 Å². The Morgan fingerprint density at radius 2 is 1.03 bits per heavy atom. The van der Waals surface area contributed by atoms with Crippen LogP contribution in [0.2, 0.25) is 0 Å². The van der Waals surface area contributed by atoms with Crippen LogP contribution in [0.4, 0.5) is 0 Å². The summed E-state index contributed by atoms with van der Waals surface area (Å²) < 4.78 is 0. The average molecular weight is 518 g/mol. The Labute approximate surface area is 232 Å². The number of rotatable bonds is 13. The van der Waals surface area contributed by atoms with Gasteiger partial charge >= 0.3 is 0 Å². The van der Waals surface area contributed by atoms with Gasteiger partial charge < -0.3 is 0 Å². The van der Waals surface area contributed by atoms with Gasteiger partial charge in [-0.25, -0.2) is 0 Å². The Hall–Kier alpha value is -3.72. The summed E-state index contributed by atoms with van der Waals surface area (Å²) in [6.07, 6.45) is 9.99. The average Bonchev–Trinajstić information content (AvgIpc) is 2.98. The van der Waals surface area contributed by atoms with Gasteiger partial charge in [0.05, 0.1) is 11.1 Å². The van der Waals surface area contributed by atoms with E-state index in [2.05, 4.69) is 79.7 Å². The van der Waals surface area contributed by atoms with Crippen LogP contribution in [-0.2, 0) is 25.7 Å². The second kappa shape index (κ2) is 12.9. The van der Waals surface area contributed by atoms with Crippen LogP contribution in [-0.4, -0.2) is 23.3 Å². The topological polar surface area (TPSA) is 37.4 Å². The number of aryl methyl sites for hydroxylation is 4. The van der Waals surface area contributed by atoms with E-state index in [1.54, 1.807) is 4.90 Å². The van der Waals surface area contributed by atoms with E-state index in [4.69, 9.17) is 0 Å². The van der Waals surface area contributed by atoms with Crippen molar-refractivity contribution in [3.63, 3.8) is 0 Å². The molecule has 0 aliphatic carbocycles. The van der Waals surface area contributed by atoms with Crippen molar-refractivity contribution in [1.29, 1.82) is 0 Å². The van der Waals surface area contributed by atoms with E-state index in [1.165, 1.54) is 30.4 Å². The minimum Gasteiger partial charge on any atom is -0.274 e. The summed E-state index contributed by atoms with van der Waals surface area (Å²) in [6, 6.07) is 29.2.